The van der Waals surface area contributed by atoms with Gasteiger partial charge in [-0.3, -0.25) is 4.98 Å². The van der Waals surface area contributed by atoms with Crippen molar-refractivity contribution in [1.82, 2.24) is 15.0 Å². The fraction of sp³-hybridized carbons (Fsp3) is 0.167. The first kappa shape index (κ1) is 25.4. The second-order valence-corrected chi connectivity index (χ2v) is 10.6. The molecule has 0 unspecified atom stereocenters. The van der Waals surface area contributed by atoms with Crippen LogP contribution in [0.3, 0.4) is 0 Å². The third kappa shape index (κ3) is 11.8. The number of hydrogen-bond acceptors (Lipinski definition) is 3. The van der Waals surface area contributed by atoms with Crippen LogP contribution in [0.1, 0.15) is 20.6 Å². The van der Waals surface area contributed by atoms with Crippen molar-refractivity contribution in [3.8, 4) is 0 Å². The van der Waals surface area contributed by atoms with Crippen molar-refractivity contribution < 1.29 is 0 Å². The van der Waals surface area contributed by atoms with E-state index in [1.165, 1.54) is 5.56 Å². The summed E-state index contributed by atoms with van der Waals surface area (Å²) in [6.45, 7) is 0. The number of pyridine rings is 3. The Kier molecular flexibility index (Phi) is 14.3. The average molecular weight is 753 g/mol. The van der Waals surface area contributed by atoms with Crippen LogP contribution in [0.2, 0.25) is 0 Å². The molecule has 0 aliphatic carbocycles. The number of hydrogen-bond donors (Lipinski definition) is 0. The van der Waals surface area contributed by atoms with Crippen LogP contribution in [0.25, 0.3) is 0 Å². The fourth-order valence-electron chi connectivity index (χ4n) is 1.48. The van der Waals surface area contributed by atoms with E-state index in [1.807, 2.05) is 48.7 Å². The Morgan fingerprint density at radius 1 is 0.741 bits per heavy atom. The Hall–Kier alpha value is 0.330. The van der Waals surface area contributed by atoms with Gasteiger partial charge in [-0.15, -0.1) is 0 Å². The van der Waals surface area contributed by atoms with E-state index < -0.39 is 0 Å². The average Bonchev–Trinajstić information content (AvgIpc) is 2.70. The molecule has 3 rings (SSSR count). The minimum atomic E-state index is 0.195. The highest BCUT2D eigenvalue weighted by atomic mass is 79.9. The van der Waals surface area contributed by atoms with Gasteiger partial charge >= 0.3 is 0 Å². The van der Waals surface area contributed by atoms with E-state index in [0.717, 1.165) is 31.1 Å². The van der Waals surface area contributed by atoms with E-state index in [9.17, 15) is 0 Å². The molecule has 0 aromatic carbocycles. The molecule has 0 saturated heterocycles. The Labute approximate surface area is 210 Å². The zero-order valence-electron chi connectivity index (χ0n) is 13.9. The van der Waals surface area contributed by atoms with E-state index in [1.54, 1.807) is 12.4 Å². The Bertz CT molecular complexity index is 752. The first-order valence-corrected chi connectivity index (χ1v) is 13.1. The molecule has 144 valence electrons. The van der Waals surface area contributed by atoms with E-state index >= 15 is 0 Å². The molecule has 9 heteroatoms. The van der Waals surface area contributed by atoms with Gasteiger partial charge in [0.1, 0.15) is 9.21 Å². The van der Waals surface area contributed by atoms with Gasteiger partial charge in [-0.1, -0.05) is 81.9 Å². The molecule has 3 aromatic heterocycles. The SMILES string of the molecule is BrCc1ccc(Br)nc1.BrCc1ccccn1.Brc1ccc(C(Br)Br)cn1. The van der Waals surface area contributed by atoms with E-state index in [-0.39, 0.29) is 3.74 Å². The van der Waals surface area contributed by atoms with Gasteiger partial charge in [0, 0.05) is 29.3 Å². The molecule has 0 fully saturated rings. The summed E-state index contributed by atoms with van der Waals surface area (Å²) in [5, 5.41) is 1.71. The van der Waals surface area contributed by atoms with Crippen molar-refractivity contribution in [1.29, 1.82) is 0 Å². The lowest BCUT2D eigenvalue weighted by molar-refractivity contribution is 1.19. The summed E-state index contributed by atoms with van der Waals surface area (Å²) in [6.07, 6.45) is 5.42. The maximum atomic E-state index is 4.06. The fourth-order valence-corrected chi connectivity index (χ4v) is 3.15. The number of halogens is 6. The standard InChI is InChI=1S/C6H4Br3N.C6H5Br2N.C6H6BrN/c7-5-2-1-4(3-10-5)6(8)9;7-3-5-1-2-6(8)9-4-5;7-5-6-3-1-2-4-8-6/h1-3,6H;1-2,4H,3H2;1-4H,5H2. The van der Waals surface area contributed by atoms with Crippen LogP contribution >= 0.6 is 95.6 Å². The summed E-state index contributed by atoms with van der Waals surface area (Å²) in [5.74, 6) is 0. The number of nitrogens with zero attached hydrogens (tertiary/aromatic N) is 3. The van der Waals surface area contributed by atoms with Gasteiger partial charge in [0.15, 0.2) is 0 Å². The number of rotatable bonds is 3. The van der Waals surface area contributed by atoms with Crippen molar-refractivity contribution in [2.45, 2.75) is 14.4 Å². The van der Waals surface area contributed by atoms with Gasteiger partial charge in [-0.2, -0.15) is 0 Å². The van der Waals surface area contributed by atoms with Crippen molar-refractivity contribution in [2.75, 3.05) is 0 Å². The lowest BCUT2D eigenvalue weighted by Crippen LogP contribution is -1.81. The molecular formula is C18H15Br6N3. The summed E-state index contributed by atoms with van der Waals surface area (Å²) in [5.41, 5.74) is 3.38. The van der Waals surface area contributed by atoms with Gasteiger partial charge in [0.25, 0.3) is 0 Å². The molecule has 0 bridgehead atoms. The zero-order valence-corrected chi connectivity index (χ0v) is 23.4. The quantitative estimate of drug-likeness (QED) is 0.200. The van der Waals surface area contributed by atoms with Gasteiger partial charge < -0.3 is 0 Å². The van der Waals surface area contributed by atoms with Crippen molar-refractivity contribution in [3.05, 3.63) is 87.1 Å². The predicted octanol–water partition coefficient (Wildman–Crippen LogP) is 8.35. The van der Waals surface area contributed by atoms with Crippen molar-refractivity contribution in [3.63, 3.8) is 0 Å². The third-order valence-corrected chi connectivity index (χ3v) is 6.03. The second-order valence-electron chi connectivity index (χ2n) is 4.79. The van der Waals surface area contributed by atoms with Crippen LogP contribution < -0.4 is 0 Å². The zero-order chi connectivity index (χ0) is 20.1. The summed E-state index contributed by atoms with van der Waals surface area (Å²) in [7, 11) is 0. The molecule has 0 aliphatic heterocycles. The van der Waals surface area contributed by atoms with E-state index in [4.69, 9.17) is 0 Å². The molecule has 0 aliphatic rings. The lowest BCUT2D eigenvalue weighted by atomic mass is 10.3. The van der Waals surface area contributed by atoms with Gasteiger partial charge in [-0.05, 0) is 67.3 Å². The third-order valence-electron chi connectivity index (χ3n) is 2.81. The minimum Gasteiger partial charge on any atom is -0.260 e. The Morgan fingerprint density at radius 3 is 1.78 bits per heavy atom. The summed E-state index contributed by atoms with van der Waals surface area (Å²) in [4.78, 5) is 12.1. The summed E-state index contributed by atoms with van der Waals surface area (Å²) < 4.78 is 1.93. The molecular weight excluding hydrogens is 738 g/mol. The summed E-state index contributed by atoms with van der Waals surface area (Å²) >= 11 is 19.9. The van der Waals surface area contributed by atoms with Crippen LogP contribution in [0.4, 0.5) is 0 Å². The smallest absolute Gasteiger partial charge is 0.106 e. The highest BCUT2D eigenvalue weighted by molar-refractivity contribution is 9.24. The van der Waals surface area contributed by atoms with Gasteiger partial charge in [0.2, 0.25) is 0 Å². The minimum absolute atomic E-state index is 0.195. The molecule has 0 saturated carbocycles. The maximum absolute atomic E-state index is 4.06. The largest absolute Gasteiger partial charge is 0.260 e. The van der Waals surface area contributed by atoms with Gasteiger partial charge in [0.05, 0.1) is 9.43 Å². The molecule has 3 nitrogen and oxygen atoms in total. The molecule has 3 heterocycles. The molecule has 0 atom stereocenters. The van der Waals surface area contributed by atoms with Gasteiger partial charge in [-0.25, -0.2) is 9.97 Å². The molecule has 0 amide bonds. The maximum Gasteiger partial charge on any atom is 0.106 e. The highest BCUT2D eigenvalue weighted by Crippen LogP contribution is 2.28. The Morgan fingerprint density at radius 2 is 1.41 bits per heavy atom. The predicted molar refractivity (Wildman–Crippen MR) is 134 cm³/mol. The highest BCUT2D eigenvalue weighted by Gasteiger charge is 2.00. The second kappa shape index (κ2) is 15.2. The van der Waals surface area contributed by atoms with E-state index in [0.29, 0.717) is 0 Å². The van der Waals surface area contributed by atoms with Crippen molar-refractivity contribution in [2.24, 2.45) is 0 Å². The van der Waals surface area contributed by atoms with Crippen LogP contribution in [0.5, 0.6) is 0 Å². The van der Waals surface area contributed by atoms with E-state index in [2.05, 4.69) is 111 Å². The normalized spacial score (nSPS) is 9.74. The molecule has 0 spiro atoms. The molecule has 3 aromatic rings. The molecule has 0 radical (unpaired) electrons. The van der Waals surface area contributed by atoms with Crippen LogP contribution in [-0.4, -0.2) is 15.0 Å². The first-order valence-electron chi connectivity index (χ1n) is 7.48. The Balaban J connectivity index is 0.000000204. The number of alkyl halides is 4. The number of aromatic nitrogens is 3. The summed E-state index contributed by atoms with van der Waals surface area (Å²) in [6, 6.07) is 13.7. The molecule has 0 N–H and O–H groups in total. The lowest BCUT2D eigenvalue weighted by Gasteiger charge is -1.99. The van der Waals surface area contributed by atoms with Crippen molar-refractivity contribution >= 4 is 95.6 Å². The monoisotopic (exact) mass is 747 g/mol. The van der Waals surface area contributed by atoms with Crippen LogP contribution in [0, 0.1) is 0 Å². The topological polar surface area (TPSA) is 38.7 Å². The van der Waals surface area contributed by atoms with Crippen LogP contribution in [0.15, 0.2) is 70.3 Å². The first-order chi connectivity index (χ1) is 13.0. The van der Waals surface area contributed by atoms with Crippen LogP contribution in [-0.2, 0) is 10.7 Å². The molecule has 27 heavy (non-hydrogen) atoms.